The predicted molar refractivity (Wildman–Crippen MR) is 85.5 cm³/mol. The summed E-state index contributed by atoms with van der Waals surface area (Å²) < 4.78 is 0.991. The van der Waals surface area contributed by atoms with Crippen molar-refractivity contribution < 1.29 is 14.7 Å². The average Bonchev–Trinajstić information content (AvgIpc) is 2.46. The Hall–Kier alpha value is -1.88. The van der Waals surface area contributed by atoms with E-state index in [1.165, 1.54) is 0 Å². The van der Waals surface area contributed by atoms with Crippen LogP contribution < -0.4 is 0 Å². The highest BCUT2D eigenvalue weighted by Gasteiger charge is 2.15. The number of amides is 1. The van der Waals surface area contributed by atoms with Crippen LogP contribution in [0.25, 0.3) is 10.8 Å². The lowest BCUT2D eigenvalue weighted by Gasteiger charge is -2.20. The second kappa shape index (κ2) is 6.72. The highest BCUT2D eigenvalue weighted by Crippen LogP contribution is 2.21. The maximum atomic E-state index is 12.4. The minimum Gasteiger partial charge on any atom is -0.481 e. The van der Waals surface area contributed by atoms with E-state index in [9.17, 15) is 9.59 Å². The van der Waals surface area contributed by atoms with Gasteiger partial charge in [-0.1, -0.05) is 28.1 Å². The molecule has 1 N–H and O–H groups in total. The van der Waals surface area contributed by atoms with Gasteiger partial charge < -0.3 is 10.0 Å². The van der Waals surface area contributed by atoms with E-state index in [1.807, 2.05) is 37.3 Å². The Kier molecular flexibility index (Phi) is 4.96. The summed E-state index contributed by atoms with van der Waals surface area (Å²) in [6.07, 6.45) is -0.0416. The van der Waals surface area contributed by atoms with Crippen molar-refractivity contribution in [1.29, 1.82) is 0 Å². The van der Waals surface area contributed by atoms with E-state index in [4.69, 9.17) is 5.11 Å². The molecule has 0 bridgehead atoms. The van der Waals surface area contributed by atoms with E-state index in [0.717, 1.165) is 15.2 Å². The largest absolute Gasteiger partial charge is 0.481 e. The van der Waals surface area contributed by atoms with Gasteiger partial charge in [-0.05, 0) is 42.0 Å². The third-order valence-corrected chi connectivity index (χ3v) is 3.81. The second-order valence-corrected chi connectivity index (χ2v) is 5.65. The molecule has 0 unspecified atom stereocenters. The molecule has 0 saturated carbocycles. The number of hydrogen-bond donors (Lipinski definition) is 1. The summed E-state index contributed by atoms with van der Waals surface area (Å²) in [6, 6.07) is 11.4. The van der Waals surface area contributed by atoms with Crippen LogP contribution in [0.3, 0.4) is 0 Å². The summed E-state index contributed by atoms with van der Waals surface area (Å²) in [5.41, 5.74) is 0.581. The van der Waals surface area contributed by atoms with Gasteiger partial charge in [0.2, 0.25) is 0 Å². The zero-order chi connectivity index (χ0) is 15.4. The van der Waals surface area contributed by atoms with Crippen LogP contribution in [-0.4, -0.2) is 35.0 Å². The minimum atomic E-state index is -0.899. The quantitative estimate of drug-likeness (QED) is 0.897. The Balaban J connectivity index is 2.25. The Morgan fingerprint density at radius 2 is 1.81 bits per heavy atom. The van der Waals surface area contributed by atoms with Crippen LogP contribution in [0.2, 0.25) is 0 Å². The molecule has 0 aliphatic rings. The highest BCUT2D eigenvalue weighted by atomic mass is 79.9. The lowest BCUT2D eigenvalue weighted by Crippen LogP contribution is -2.32. The van der Waals surface area contributed by atoms with Crippen LogP contribution in [0, 0.1) is 0 Å². The van der Waals surface area contributed by atoms with Crippen molar-refractivity contribution in [2.75, 3.05) is 13.1 Å². The molecule has 2 rings (SSSR count). The first kappa shape index (κ1) is 15.5. The Bertz CT molecular complexity index is 684. The number of rotatable bonds is 5. The molecule has 0 aliphatic heterocycles. The molecule has 4 nitrogen and oxygen atoms in total. The summed E-state index contributed by atoms with van der Waals surface area (Å²) >= 11 is 3.42. The molecule has 0 heterocycles. The zero-order valence-corrected chi connectivity index (χ0v) is 13.3. The first-order chi connectivity index (χ1) is 10.0. The van der Waals surface area contributed by atoms with Gasteiger partial charge in [0.1, 0.15) is 0 Å². The number of aliphatic carboxylic acids is 1. The molecule has 2 aromatic rings. The lowest BCUT2D eigenvalue weighted by atomic mass is 10.1. The van der Waals surface area contributed by atoms with Crippen LogP contribution in [-0.2, 0) is 4.79 Å². The molecule has 0 fully saturated rings. The van der Waals surface area contributed by atoms with Gasteiger partial charge in [-0.2, -0.15) is 0 Å². The van der Waals surface area contributed by atoms with Crippen molar-refractivity contribution in [2.45, 2.75) is 13.3 Å². The maximum absolute atomic E-state index is 12.4. The minimum absolute atomic E-state index is 0.0416. The molecule has 110 valence electrons. The number of fused-ring (bicyclic) bond motifs is 1. The number of nitrogens with zero attached hydrogens (tertiary/aromatic N) is 1. The average molecular weight is 350 g/mol. The van der Waals surface area contributed by atoms with Crippen LogP contribution in [0.1, 0.15) is 23.7 Å². The summed E-state index contributed by atoms with van der Waals surface area (Å²) in [5, 5.41) is 10.8. The standard InChI is InChI=1S/C16H16BrNO3/c1-2-18(8-7-15(19)20)16(21)13-4-3-12-10-14(17)6-5-11(12)9-13/h3-6,9-10H,2,7-8H2,1H3,(H,19,20). The molecule has 5 heteroatoms. The first-order valence-corrected chi connectivity index (χ1v) is 7.51. The van der Waals surface area contributed by atoms with E-state index in [0.29, 0.717) is 12.1 Å². The molecule has 0 aromatic heterocycles. The monoisotopic (exact) mass is 349 g/mol. The molecular formula is C16H16BrNO3. The van der Waals surface area contributed by atoms with E-state index in [2.05, 4.69) is 15.9 Å². The highest BCUT2D eigenvalue weighted by molar-refractivity contribution is 9.10. The van der Waals surface area contributed by atoms with Crippen molar-refractivity contribution in [1.82, 2.24) is 4.90 Å². The summed E-state index contributed by atoms with van der Waals surface area (Å²) in [6.45, 7) is 2.56. The number of hydrogen-bond acceptors (Lipinski definition) is 2. The summed E-state index contributed by atoms with van der Waals surface area (Å²) in [7, 11) is 0. The smallest absolute Gasteiger partial charge is 0.305 e. The van der Waals surface area contributed by atoms with Gasteiger partial charge >= 0.3 is 5.97 Å². The number of carboxylic acid groups (broad SMARTS) is 1. The number of halogens is 1. The third-order valence-electron chi connectivity index (χ3n) is 3.31. The maximum Gasteiger partial charge on any atom is 0.305 e. The van der Waals surface area contributed by atoms with E-state index < -0.39 is 5.97 Å². The second-order valence-electron chi connectivity index (χ2n) is 4.73. The topological polar surface area (TPSA) is 57.6 Å². The van der Waals surface area contributed by atoms with Gasteiger partial charge in [-0.25, -0.2) is 0 Å². The molecule has 0 saturated heterocycles. The number of carboxylic acids is 1. The Morgan fingerprint density at radius 3 is 2.48 bits per heavy atom. The van der Waals surface area contributed by atoms with Gasteiger partial charge in [-0.15, -0.1) is 0 Å². The molecular weight excluding hydrogens is 334 g/mol. The molecule has 0 atom stereocenters. The normalized spacial score (nSPS) is 10.6. The molecule has 21 heavy (non-hydrogen) atoms. The zero-order valence-electron chi connectivity index (χ0n) is 11.7. The SMILES string of the molecule is CCN(CCC(=O)O)C(=O)c1ccc2cc(Br)ccc2c1. The Morgan fingerprint density at radius 1 is 1.14 bits per heavy atom. The van der Waals surface area contributed by atoms with Crippen LogP contribution in [0.4, 0.5) is 0 Å². The molecule has 1 amide bonds. The van der Waals surface area contributed by atoms with Gasteiger partial charge in [0.15, 0.2) is 0 Å². The van der Waals surface area contributed by atoms with Gasteiger partial charge in [0, 0.05) is 23.1 Å². The predicted octanol–water partition coefficient (Wildman–Crippen LogP) is 3.54. The van der Waals surface area contributed by atoms with Gasteiger partial charge in [0.25, 0.3) is 5.91 Å². The van der Waals surface area contributed by atoms with Crippen LogP contribution >= 0.6 is 15.9 Å². The molecule has 0 spiro atoms. The molecule has 0 aliphatic carbocycles. The number of carbonyl (C=O) groups excluding carboxylic acids is 1. The van der Waals surface area contributed by atoms with Gasteiger partial charge in [0.05, 0.1) is 6.42 Å². The fourth-order valence-corrected chi connectivity index (χ4v) is 2.54. The van der Waals surface area contributed by atoms with Crippen molar-refractivity contribution in [3.05, 3.63) is 46.4 Å². The molecule has 2 aromatic carbocycles. The Labute approximate surface area is 131 Å². The fourth-order valence-electron chi connectivity index (χ4n) is 2.17. The summed E-state index contributed by atoms with van der Waals surface area (Å²) in [4.78, 5) is 24.6. The van der Waals surface area contributed by atoms with Crippen molar-refractivity contribution in [3.8, 4) is 0 Å². The van der Waals surface area contributed by atoms with Crippen LogP contribution in [0.15, 0.2) is 40.9 Å². The van der Waals surface area contributed by atoms with Crippen molar-refractivity contribution in [2.24, 2.45) is 0 Å². The summed E-state index contributed by atoms with van der Waals surface area (Å²) in [5.74, 6) is -1.03. The first-order valence-electron chi connectivity index (χ1n) is 6.71. The third kappa shape index (κ3) is 3.82. The molecule has 0 radical (unpaired) electrons. The fraction of sp³-hybridized carbons (Fsp3) is 0.250. The van der Waals surface area contributed by atoms with Crippen molar-refractivity contribution >= 4 is 38.6 Å². The van der Waals surface area contributed by atoms with E-state index in [1.54, 1.807) is 11.0 Å². The van der Waals surface area contributed by atoms with E-state index >= 15 is 0 Å². The number of carbonyl (C=O) groups is 2. The number of benzene rings is 2. The van der Waals surface area contributed by atoms with E-state index in [-0.39, 0.29) is 18.9 Å². The van der Waals surface area contributed by atoms with Crippen LogP contribution in [0.5, 0.6) is 0 Å². The lowest BCUT2D eigenvalue weighted by molar-refractivity contribution is -0.137. The van der Waals surface area contributed by atoms with Gasteiger partial charge in [-0.3, -0.25) is 9.59 Å². The van der Waals surface area contributed by atoms with Crippen molar-refractivity contribution in [3.63, 3.8) is 0 Å².